The highest BCUT2D eigenvalue weighted by Gasteiger charge is 2.29. The first-order valence-electron chi connectivity index (χ1n) is 8.43. The molecule has 1 N–H and O–H groups in total. The average Bonchev–Trinajstić information content (AvgIpc) is 3.47. The molecule has 6 heteroatoms. The standard InChI is InChI=1S/C19H18N4O2/c1-2-23-11-20-10-16(19(23)25)22-18(24)17-14(12-7-8-12)9-13-5-3-4-6-15(13)21-17/h3-6,9-12H,2,7-8H2,1H3,(H,22,24). The van der Waals surface area contributed by atoms with Gasteiger partial charge in [-0.05, 0) is 43.4 Å². The summed E-state index contributed by atoms with van der Waals surface area (Å²) in [6.45, 7) is 2.35. The number of anilines is 1. The monoisotopic (exact) mass is 334 g/mol. The smallest absolute Gasteiger partial charge is 0.277 e. The molecule has 6 nitrogen and oxygen atoms in total. The first-order chi connectivity index (χ1) is 12.2. The molecular formula is C19H18N4O2. The van der Waals surface area contributed by atoms with Crippen LogP contribution in [0.5, 0.6) is 0 Å². The molecule has 0 aliphatic heterocycles. The van der Waals surface area contributed by atoms with Crippen molar-refractivity contribution in [2.45, 2.75) is 32.2 Å². The summed E-state index contributed by atoms with van der Waals surface area (Å²) in [6, 6.07) is 9.79. The molecule has 25 heavy (non-hydrogen) atoms. The molecule has 0 saturated heterocycles. The minimum absolute atomic E-state index is 0.172. The van der Waals surface area contributed by atoms with Crippen molar-refractivity contribution in [3.05, 3.63) is 64.5 Å². The summed E-state index contributed by atoms with van der Waals surface area (Å²) in [6.07, 6.45) is 4.97. The van der Waals surface area contributed by atoms with Gasteiger partial charge in [0.1, 0.15) is 11.4 Å². The molecule has 2 heterocycles. The molecule has 1 amide bonds. The average molecular weight is 334 g/mol. The first-order valence-corrected chi connectivity index (χ1v) is 8.43. The molecule has 2 aromatic heterocycles. The molecule has 1 saturated carbocycles. The number of pyridine rings is 1. The summed E-state index contributed by atoms with van der Waals surface area (Å²) in [4.78, 5) is 33.7. The van der Waals surface area contributed by atoms with E-state index < -0.39 is 0 Å². The van der Waals surface area contributed by atoms with E-state index in [-0.39, 0.29) is 17.2 Å². The van der Waals surface area contributed by atoms with Crippen LogP contribution in [0.4, 0.5) is 5.69 Å². The number of rotatable bonds is 4. The van der Waals surface area contributed by atoms with E-state index in [4.69, 9.17) is 0 Å². The fraction of sp³-hybridized carbons (Fsp3) is 0.263. The number of hydrogen-bond donors (Lipinski definition) is 1. The van der Waals surface area contributed by atoms with Crippen LogP contribution >= 0.6 is 0 Å². The summed E-state index contributed by atoms with van der Waals surface area (Å²) in [7, 11) is 0. The summed E-state index contributed by atoms with van der Waals surface area (Å²) in [5.74, 6) is 0.0134. The summed E-state index contributed by atoms with van der Waals surface area (Å²) in [5, 5.41) is 3.72. The highest BCUT2D eigenvalue weighted by molar-refractivity contribution is 6.05. The van der Waals surface area contributed by atoms with E-state index in [0.717, 1.165) is 29.3 Å². The van der Waals surface area contributed by atoms with Crippen LogP contribution in [0.3, 0.4) is 0 Å². The van der Waals surface area contributed by atoms with Crippen molar-refractivity contribution in [2.75, 3.05) is 5.32 Å². The maximum atomic E-state index is 12.8. The van der Waals surface area contributed by atoms with Gasteiger partial charge in [-0.2, -0.15) is 0 Å². The lowest BCUT2D eigenvalue weighted by Crippen LogP contribution is -2.26. The van der Waals surface area contributed by atoms with Crippen LogP contribution in [0.15, 0.2) is 47.7 Å². The predicted octanol–water partition coefficient (Wildman–Crippen LogP) is 2.94. The number of carbonyl (C=O) groups is 1. The van der Waals surface area contributed by atoms with Crippen LogP contribution in [-0.2, 0) is 6.54 Å². The Labute approximate surface area is 144 Å². The molecule has 126 valence electrons. The molecule has 0 spiro atoms. The normalized spacial score (nSPS) is 13.8. The molecule has 0 radical (unpaired) electrons. The van der Waals surface area contributed by atoms with Gasteiger partial charge in [0.05, 0.1) is 18.0 Å². The van der Waals surface area contributed by atoms with E-state index in [1.54, 1.807) is 0 Å². The number of benzene rings is 1. The number of nitrogens with zero attached hydrogens (tertiary/aromatic N) is 3. The van der Waals surface area contributed by atoms with Gasteiger partial charge in [-0.15, -0.1) is 0 Å². The molecule has 0 atom stereocenters. The summed E-state index contributed by atoms with van der Waals surface area (Å²) in [5.41, 5.74) is 2.03. The lowest BCUT2D eigenvalue weighted by Gasteiger charge is -2.11. The first kappa shape index (κ1) is 15.5. The maximum Gasteiger partial charge on any atom is 0.277 e. The zero-order valence-corrected chi connectivity index (χ0v) is 13.9. The van der Waals surface area contributed by atoms with Crippen molar-refractivity contribution in [3.8, 4) is 0 Å². The Balaban J connectivity index is 1.75. The van der Waals surface area contributed by atoms with E-state index >= 15 is 0 Å². The fourth-order valence-electron chi connectivity index (χ4n) is 2.96. The zero-order chi connectivity index (χ0) is 17.4. The highest BCUT2D eigenvalue weighted by atomic mass is 16.2. The number of amides is 1. The van der Waals surface area contributed by atoms with Crippen LogP contribution in [0, 0.1) is 0 Å². The van der Waals surface area contributed by atoms with E-state index in [0.29, 0.717) is 18.2 Å². The quantitative estimate of drug-likeness (QED) is 0.796. The van der Waals surface area contributed by atoms with Crippen LogP contribution in [0.1, 0.15) is 41.7 Å². The number of aryl methyl sites for hydroxylation is 1. The van der Waals surface area contributed by atoms with Crippen LogP contribution in [0.2, 0.25) is 0 Å². The van der Waals surface area contributed by atoms with Gasteiger partial charge in [-0.25, -0.2) is 9.97 Å². The number of hydrogen-bond acceptors (Lipinski definition) is 4. The summed E-state index contributed by atoms with van der Waals surface area (Å²) < 4.78 is 1.45. The van der Waals surface area contributed by atoms with Crippen molar-refractivity contribution in [2.24, 2.45) is 0 Å². The Morgan fingerprint density at radius 1 is 1.32 bits per heavy atom. The second-order valence-electron chi connectivity index (χ2n) is 6.25. The predicted molar refractivity (Wildman–Crippen MR) is 95.8 cm³/mol. The Morgan fingerprint density at radius 2 is 2.12 bits per heavy atom. The van der Waals surface area contributed by atoms with Gasteiger partial charge in [-0.1, -0.05) is 18.2 Å². The summed E-state index contributed by atoms with van der Waals surface area (Å²) >= 11 is 0. The van der Waals surface area contributed by atoms with Crippen LogP contribution in [0.25, 0.3) is 10.9 Å². The number of aromatic nitrogens is 3. The molecule has 4 rings (SSSR count). The molecule has 1 aliphatic carbocycles. The lowest BCUT2D eigenvalue weighted by molar-refractivity contribution is 0.102. The largest absolute Gasteiger partial charge is 0.315 e. The lowest BCUT2D eigenvalue weighted by atomic mass is 10.0. The van der Waals surface area contributed by atoms with Crippen molar-refractivity contribution in [1.82, 2.24) is 14.5 Å². The fourth-order valence-corrected chi connectivity index (χ4v) is 2.96. The van der Waals surface area contributed by atoms with Gasteiger partial charge in [0.2, 0.25) is 0 Å². The molecule has 0 bridgehead atoms. The van der Waals surface area contributed by atoms with Crippen LogP contribution in [-0.4, -0.2) is 20.4 Å². The number of carbonyl (C=O) groups excluding carboxylic acids is 1. The second kappa shape index (κ2) is 6.12. The van der Waals surface area contributed by atoms with Crippen molar-refractivity contribution in [3.63, 3.8) is 0 Å². The molecule has 3 aromatic rings. The van der Waals surface area contributed by atoms with Gasteiger partial charge in [0, 0.05) is 11.9 Å². The maximum absolute atomic E-state index is 12.8. The Hall–Kier alpha value is -3.02. The third-order valence-electron chi connectivity index (χ3n) is 4.48. The third kappa shape index (κ3) is 2.91. The van der Waals surface area contributed by atoms with Crippen molar-refractivity contribution < 1.29 is 4.79 Å². The van der Waals surface area contributed by atoms with E-state index in [1.807, 2.05) is 37.3 Å². The molecular weight excluding hydrogens is 316 g/mol. The number of para-hydroxylation sites is 1. The minimum Gasteiger partial charge on any atom is -0.315 e. The highest BCUT2D eigenvalue weighted by Crippen LogP contribution is 2.42. The van der Waals surface area contributed by atoms with Gasteiger partial charge in [0.25, 0.3) is 11.5 Å². The zero-order valence-electron chi connectivity index (χ0n) is 13.9. The van der Waals surface area contributed by atoms with Crippen molar-refractivity contribution in [1.29, 1.82) is 0 Å². The molecule has 1 aliphatic rings. The molecule has 1 aromatic carbocycles. The SMILES string of the molecule is CCn1cncc(NC(=O)c2nc3ccccc3cc2C2CC2)c1=O. The molecule has 0 unspecified atom stereocenters. The van der Waals surface area contributed by atoms with E-state index in [2.05, 4.69) is 15.3 Å². The number of fused-ring (bicyclic) bond motifs is 1. The minimum atomic E-state index is -0.361. The van der Waals surface area contributed by atoms with Crippen LogP contribution < -0.4 is 10.9 Å². The van der Waals surface area contributed by atoms with Gasteiger partial charge >= 0.3 is 0 Å². The van der Waals surface area contributed by atoms with Crippen molar-refractivity contribution >= 4 is 22.5 Å². The topological polar surface area (TPSA) is 76.9 Å². The number of nitrogens with one attached hydrogen (secondary N) is 1. The Bertz CT molecular complexity index is 1020. The van der Waals surface area contributed by atoms with Gasteiger partial charge in [-0.3, -0.25) is 14.2 Å². The Kier molecular flexibility index (Phi) is 3.80. The van der Waals surface area contributed by atoms with Gasteiger partial charge in [0.15, 0.2) is 0 Å². The second-order valence-corrected chi connectivity index (χ2v) is 6.25. The van der Waals surface area contributed by atoms with E-state index in [9.17, 15) is 9.59 Å². The van der Waals surface area contributed by atoms with E-state index in [1.165, 1.54) is 17.1 Å². The Morgan fingerprint density at radius 3 is 2.88 bits per heavy atom. The molecule has 1 fully saturated rings. The third-order valence-corrected chi connectivity index (χ3v) is 4.48. The van der Waals surface area contributed by atoms with Gasteiger partial charge < -0.3 is 5.32 Å².